The van der Waals surface area contributed by atoms with Gasteiger partial charge in [0.15, 0.2) is 0 Å². The van der Waals surface area contributed by atoms with Crippen LogP contribution >= 0.6 is 11.6 Å². The summed E-state index contributed by atoms with van der Waals surface area (Å²) in [7, 11) is 0. The minimum absolute atomic E-state index is 0.101. The molecule has 2 aromatic carbocycles. The van der Waals surface area contributed by atoms with Gasteiger partial charge in [-0.25, -0.2) is 0 Å². The van der Waals surface area contributed by atoms with Gasteiger partial charge in [-0.2, -0.15) is 0 Å². The summed E-state index contributed by atoms with van der Waals surface area (Å²) in [5.41, 5.74) is 0.919. The van der Waals surface area contributed by atoms with Crippen molar-refractivity contribution in [2.75, 3.05) is 10.6 Å². The fourth-order valence-electron chi connectivity index (χ4n) is 4.35. The lowest BCUT2D eigenvalue weighted by Crippen LogP contribution is -2.39. The molecule has 0 fully saturated rings. The molecule has 33 heavy (non-hydrogen) atoms. The van der Waals surface area contributed by atoms with Crippen molar-refractivity contribution in [3.8, 4) is 0 Å². The number of aliphatic hydroxyl groups excluding tert-OH is 1. The molecule has 7 nitrogen and oxygen atoms in total. The first-order valence-corrected chi connectivity index (χ1v) is 11.5. The molecule has 0 saturated heterocycles. The number of hydrogen-bond donors (Lipinski definition) is 3. The number of benzene rings is 1. The maximum Gasteiger partial charge on any atom is 0.253 e. The maximum atomic E-state index is 12.5. The van der Waals surface area contributed by atoms with Gasteiger partial charge in [0.1, 0.15) is 29.1 Å². The highest BCUT2D eigenvalue weighted by Crippen LogP contribution is 2.43. The van der Waals surface area contributed by atoms with Crippen molar-refractivity contribution in [2.45, 2.75) is 66.4 Å². The predicted molar refractivity (Wildman–Crippen MR) is 131 cm³/mol. The molecule has 4 rings (SSSR count). The minimum atomic E-state index is -0.863. The minimum Gasteiger partial charge on any atom is -0.464 e. The summed E-state index contributed by atoms with van der Waals surface area (Å²) >= 11 is 6.41. The summed E-state index contributed by atoms with van der Waals surface area (Å²) < 4.78 is 5.82. The van der Waals surface area contributed by atoms with Crippen LogP contribution in [0.15, 0.2) is 38.3 Å². The number of halogens is 1. The van der Waals surface area contributed by atoms with Crippen molar-refractivity contribution in [1.29, 1.82) is 0 Å². The highest BCUT2D eigenvalue weighted by Gasteiger charge is 2.36. The normalized spacial score (nSPS) is 17.5. The Labute approximate surface area is 198 Å². The van der Waals surface area contributed by atoms with Crippen LogP contribution in [0.3, 0.4) is 0 Å². The van der Waals surface area contributed by atoms with Crippen molar-refractivity contribution in [1.82, 2.24) is 4.90 Å². The number of aryl methyl sites for hydroxylation is 1. The van der Waals surface area contributed by atoms with Crippen LogP contribution in [0.25, 0.3) is 0 Å². The molecular formula is C25H30ClN3O4. The van der Waals surface area contributed by atoms with E-state index >= 15 is 0 Å². The van der Waals surface area contributed by atoms with Crippen molar-refractivity contribution in [2.24, 2.45) is 5.41 Å². The lowest BCUT2D eigenvalue weighted by atomic mass is 9.85. The zero-order valence-corrected chi connectivity index (χ0v) is 20.5. The van der Waals surface area contributed by atoms with Crippen molar-refractivity contribution < 1.29 is 9.52 Å². The molecule has 1 aromatic heterocycles. The molecule has 0 aliphatic carbocycles. The van der Waals surface area contributed by atoms with Crippen LogP contribution in [0.5, 0.6) is 0 Å². The lowest BCUT2D eigenvalue weighted by molar-refractivity contribution is -0.00685. The van der Waals surface area contributed by atoms with Gasteiger partial charge in [0.25, 0.3) is 10.9 Å². The second-order valence-corrected chi connectivity index (χ2v) is 10.5. The second-order valence-electron chi connectivity index (χ2n) is 10.1. The third-order valence-electron chi connectivity index (χ3n) is 6.25. The Balaban J connectivity index is 1.70. The van der Waals surface area contributed by atoms with E-state index in [2.05, 4.69) is 10.6 Å². The quantitative estimate of drug-likeness (QED) is 0.435. The maximum absolute atomic E-state index is 12.5. The van der Waals surface area contributed by atoms with Gasteiger partial charge in [0.05, 0.1) is 6.04 Å². The summed E-state index contributed by atoms with van der Waals surface area (Å²) in [6, 6.07) is 6.99. The largest absolute Gasteiger partial charge is 0.464 e. The van der Waals surface area contributed by atoms with Crippen LogP contribution in [0.4, 0.5) is 17.1 Å². The number of nitrogens with one attached hydrogen (secondary N) is 2. The molecule has 0 saturated carbocycles. The Kier molecular flexibility index (Phi) is 5.93. The Bertz CT molecular complexity index is 1260. The molecule has 2 heterocycles. The standard InChI is InChI=1S/C25H30ClN3O4/c1-12(2)29-11-14-15(26)8-9-16(18(14)24(29)32)27-19-20(22(31)21(19)30)28-23(25(4,5)6)17-10-7-13(3)33-17/h7-10,12,23-24,27-28,32H,11H2,1-6H3/t23-,24?/m0/s1. The molecule has 0 radical (unpaired) electrons. The van der Waals surface area contributed by atoms with Crippen LogP contribution in [0.2, 0.25) is 5.02 Å². The first-order chi connectivity index (χ1) is 15.4. The number of rotatable bonds is 6. The first-order valence-electron chi connectivity index (χ1n) is 11.1. The van der Waals surface area contributed by atoms with E-state index in [1.807, 2.05) is 58.6 Å². The van der Waals surface area contributed by atoms with E-state index in [4.69, 9.17) is 16.0 Å². The molecule has 3 aromatic rings. The second kappa shape index (κ2) is 8.31. The molecule has 8 heteroatoms. The molecular weight excluding hydrogens is 442 g/mol. The highest BCUT2D eigenvalue weighted by atomic mass is 35.5. The summed E-state index contributed by atoms with van der Waals surface area (Å²) in [5.74, 6) is 1.46. The van der Waals surface area contributed by atoms with Gasteiger partial charge < -0.3 is 20.2 Å². The topological polar surface area (TPSA) is 94.8 Å². The van der Waals surface area contributed by atoms with Crippen LogP contribution in [-0.2, 0) is 6.54 Å². The zero-order valence-electron chi connectivity index (χ0n) is 19.7. The van der Waals surface area contributed by atoms with Crippen LogP contribution in [-0.4, -0.2) is 16.0 Å². The van der Waals surface area contributed by atoms with Gasteiger partial charge in [-0.3, -0.25) is 14.5 Å². The molecule has 2 atom stereocenters. The molecule has 3 N–H and O–H groups in total. The van der Waals surface area contributed by atoms with Gasteiger partial charge in [-0.05, 0) is 56.0 Å². The van der Waals surface area contributed by atoms with E-state index in [9.17, 15) is 14.7 Å². The van der Waals surface area contributed by atoms with Gasteiger partial charge in [0, 0.05) is 28.9 Å². The third-order valence-corrected chi connectivity index (χ3v) is 6.60. The van der Waals surface area contributed by atoms with Gasteiger partial charge in [0.2, 0.25) is 0 Å². The first kappa shape index (κ1) is 23.5. The average Bonchev–Trinajstić information content (AvgIpc) is 3.31. The summed E-state index contributed by atoms with van der Waals surface area (Å²) in [5, 5.41) is 17.9. The molecule has 0 amide bonds. The van der Waals surface area contributed by atoms with E-state index in [0.29, 0.717) is 28.6 Å². The van der Waals surface area contributed by atoms with Crippen LogP contribution in [0.1, 0.15) is 69.5 Å². The van der Waals surface area contributed by atoms with Crippen LogP contribution < -0.4 is 21.5 Å². The highest BCUT2D eigenvalue weighted by molar-refractivity contribution is 6.31. The van der Waals surface area contributed by atoms with Crippen molar-refractivity contribution in [3.63, 3.8) is 0 Å². The van der Waals surface area contributed by atoms with E-state index in [1.54, 1.807) is 12.1 Å². The van der Waals surface area contributed by atoms with Gasteiger partial charge in [-0.1, -0.05) is 32.4 Å². The van der Waals surface area contributed by atoms with E-state index < -0.39 is 17.1 Å². The molecule has 1 unspecified atom stereocenters. The summed E-state index contributed by atoms with van der Waals surface area (Å²) in [6.07, 6.45) is -0.863. The van der Waals surface area contributed by atoms with E-state index in [0.717, 1.165) is 11.3 Å². The molecule has 0 bridgehead atoms. The van der Waals surface area contributed by atoms with Gasteiger partial charge >= 0.3 is 0 Å². The van der Waals surface area contributed by atoms with Crippen LogP contribution in [0, 0.1) is 12.3 Å². The Hall–Kier alpha value is -2.61. The number of furan rings is 1. The number of nitrogens with zero attached hydrogens (tertiary/aromatic N) is 1. The van der Waals surface area contributed by atoms with E-state index in [-0.39, 0.29) is 28.9 Å². The number of anilines is 3. The molecule has 176 valence electrons. The fourth-order valence-corrected chi connectivity index (χ4v) is 4.58. The third kappa shape index (κ3) is 4.09. The summed E-state index contributed by atoms with van der Waals surface area (Å²) in [4.78, 5) is 27.0. The molecule has 0 spiro atoms. The predicted octanol–water partition coefficient (Wildman–Crippen LogP) is 5.00. The summed E-state index contributed by atoms with van der Waals surface area (Å²) in [6.45, 7) is 12.5. The lowest BCUT2D eigenvalue weighted by Gasteiger charge is -2.32. The molecule has 1 aliphatic rings. The van der Waals surface area contributed by atoms with E-state index in [1.165, 1.54) is 0 Å². The SMILES string of the molecule is Cc1ccc([C@H](Nc2c(Nc3ccc(Cl)c4c3C(O)N(C(C)C)C4)c(=O)c2=O)C(C)(C)C)o1. The Morgan fingerprint density at radius 3 is 2.36 bits per heavy atom. The Morgan fingerprint density at radius 2 is 1.79 bits per heavy atom. The van der Waals surface area contributed by atoms with Gasteiger partial charge in [-0.15, -0.1) is 0 Å². The fraction of sp³-hybridized carbons (Fsp3) is 0.440. The van der Waals surface area contributed by atoms with Crippen molar-refractivity contribution >= 4 is 28.7 Å². The average molecular weight is 472 g/mol. The van der Waals surface area contributed by atoms with Crippen molar-refractivity contribution in [3.05, 3.63) is 72.4 Å². The number of fused-ring (bicyclic) bond motifs is 1. The number of hydrogen-bond acceptors (Lipinski definition) is 7. The number of aliphatic hydroxyl groups is 1. The Morgan fingerprint density at radius 1 is 1.12 bits per heavy atom. The smallest absolute Gasteiger partial charge is 0.253 e. The molecule has 1 aliphatic heterocycles. The monoisotopic (exact) mass is 471 g/mol. The zero-order chi connectivity index (χ0) is 24.2.